The standard InChI is InChI=1S/C12H15ClN2O3S/c1-8(19-6-5-11(16)18-2)12(17)15-10-4-3-9(13)7-14-10/h3-4,7-8H,5-6H2,1-2H3,(H,14,15,17)/t8-/m1/s1. The zero-order valence-corrected chi connectivity index (χ0v) is 12.3. The molecule has 0 fully saturated rings. The Kier molecular flexibility index (Phi) is 6.66. The quantitative estimate of drug-likeness (QED) is 0.817. The van der Waals surface area contributed by atoms with E-state index in [9.17, 15) is 9.59 Å². The Labute approximate surface area is 121 Å². The van der Waals surface area contributed by atoms with Crippen LogP contribution in [0.25, 0.3) is 0 Å². The zero-order valence-electron chi connectivity index (χ0n) is 10.7. The number of thioether (sulfide) groups is 1. The number of hydrogen-bond donors (Lipinski definition) is 1. The number of amides is 1. The number of nitrogens with one attached hydrogen (secondary N) is 1. The van der Waals surface area contributed by atoms with Gasteiger partial charge in [0.2, 0.25) is 5.91 Å². The molecule has 7 heteroatoms. The predicted octanol–water partition coefficient (Wildman–Crippen LogP) is 2.36. The van der Waals surface area contributed by atoms with Crippen LogP contribution < -0.4 is 5.32 Å². The molecule has 0 saturated heterocycles. The summed E-state index contributed by atoms with van der Waals surface area (Å²) in [4.78, 5) is 26.7. The number of aromatic nitrogens is 1. The molecule has 0 aromatic carbocycles. The van der Waals surface area contributed by atoms with Crippen molar-refractivity contribution in [2.75, 3.05) is 18.2 Å². The first-order valence-electron chi connectivity index (χ1n) is 5.63. The maximum absolute atomic E-state index is 11.8. The molecular weight excluding hydrogens is 288 g/mol. The first-order chi connectivity index (χ1) is 9.02. The van der Waals surface area contributed by atoms with Gasteiger partial charge in [0.05, 0.1) is 23.8 Å². The van der Waals surface area contributed by atoms with E-state index in [0.717, 1.165) is 0 Å². The van der Waals surface area contributed by atoms with Gasteiger partial charge >= 0.3 is 5.97 Å². The summed E-state index contributed by atoms with van der Waals surface area (Å²) < 4.78 is 4.52. The Balaban J connectivity index is 2.36. The molecule has 19 heavy (non-hydrogen) atoms. The summed E-state index contributed by atoms with van der Waals surface area (Å²) in [6, 6.07) is 3.28. The van der Waals surface area contributed by atoms with Gasteiger partial charge in [0, 0.05) is 11.9 Å². The number of rotatable bonds is 6. The third-order valence-electron chi connectivity index (χ3n) is 2.25. The second-order valence-corrected chi connectivity index (χ2v) is 5.58. The lowest BCUT2D eigenvalue weighted by Gasteiger charge is -2.11. The molecule has 0 unspecified atom stereocenters. The fourth-order valence-electron chi connectivity index (χ4n) is 1.17. The Morgan fingerprint density at radius 3 is 2.84 bits per heavy atom. The molecule has 5 nitrogen and oxygen atoms in total. The van der Waals surface area contributed by atoms with Crippen LogP contribution in [0, 0.1) is 0 Å². The fraction of sp³-hybridized carbons (Fsp3) is 0.417. The summed E-state index contributed by atoms with van der Waals surface area (Å²) in [6.07, 6.45) is 1.75. The normalized spacial score (nSPS) is 11.7. The Hall–Kier alpha value is -1.27. The number of pyridine rings is 1. The average Bonchev–Trinajstić information content (AvgIpc) is 2.40. The van der Waals surface area contributed by atoms with E-state index in [1.165, 1.54) is 25.1 Å². The molecule has 1 N–H and O–H groups in total. The summed E-state index contributed by atoms with van der Waals surface area (Å²) >= 11 is 7.08. The summed E-state index contributed by atoms with van der Waals surface area (Å²) in [5, 5.41) is 2.91. The highest BCUT2D eigenvalue weighted by atomic mass is 35.5. The largest absolute Gasteiger partial charge is 0.469 e. The molecule has 0 saturated carbocycles. The average molecular weight is 303 g/mol. The smallest absolute Gasteiger partial charge is 0.306 e. The number of hydrogen-bond acceptors (Lipinski definition) is 5. The topological polar surface area (TPSA) is 68.3 Å². The monoisotopic (exact) mass is 302 g/mol. The highest BCUT2D eigenvalue weighted by Gasteiger charge is 2.14. The van der Waals surface area contributed by atoms with Gasteiger partial charge in [-0.15, -0.1) is 11.8 Å². The number of carbonyl (C=O) groups is 2. The van der Waals surface area contributed by atoms with Crippen molar-refractivity contribution in [1.82, 2.24) is 4.98 Å². The van der Waals surface area contributed by atoms with Crippen molar-refractivity contribution in [3.8, 4) is 0 Å². The van der Waals surface area contributed by atoms with E-state index < -0.39 is 0 Å². The Bertz CT molecular complexity index is 439. The fourth-order valence-corrected chi connectivity index (χ4v) is 2.13. The van der Waals surface area contributed by atoms with Gasteiger partial charge in [-0.05, 0) is 19.1 Å². The molecule has 0 spiro atoms. The van der Waals surface area contributed by atoms with E-state index in [4.69, 9.17) is 11.6 Å². The number of nitrogens with zero attached hydrogens (tertiary/aromatic N) is 1. The summed E-state index contributed by atoms with van der Waals surface area (Å²) in [7, 11) is 1.34. The molecule has 1 amide bonds. The lowest BCUT2D eigenvalue weighted by atomic mass is 10.4. The first-order valence-corrected chi connectivity index (χ1v) is 7.06. The third kappa shape index (κ3) is 5.94. The van der Waals surface area contributed by atoms with Gasteiger partial charge in [-0.2, -0.15) is 0 Å². The second kappa shape index (κ2) is 8.01. The van der Waals surface area contributed by atoms with E-state index in [2.05, 4.69) is 15.0 Å². The number of ether oxygens (including phenoxy) is 1. The van der Waals surface area contributed by atoms with Gasteiger partial charge in [-0.3, -0.25) is 9.59 Å². The lowest BCUT2D eigenvalue weighted by Crippen LogP contribution is -2.23. The number of anilines is 1. The minimum Gasteiger partial charge on any atom is -0.469 e. The predicted molar refractivity (Wildman–Crippen MR) is 76.4 cm³/mol. The molecule has 0 bridgehead atoms. The SMILES string of the molecule is COC(=O)CCS[C@H](C)C(=O)Nc1ccc(Cl)cn1. The van der Waals surface area contributed by atoms with Crippen LogP contribution in [-0.4, -0.2) is 35.0 Å². The van der Waals surface area contributed by atoms with Crippen LogP contribution in [0.5, 0.6) is 0 Å². The molecular formula is C12H15ClN2O3S. The number of esters is 1. The van der Waals surface area contributed by atoms with Crippen molar-refractivity contribution in [3.05, 3.63) is 23.4 Å². The van der Waals surface area contributed by atoms with Gasteiger partial charge < -0.3 is 10.1 Å². The summed E-state index contributed by atoms with van der Waals surface area (Å²) in [6.45, 7) is 1.77. The van der Waals surface area contributed by atoms with Crippen molar-refractivity contribution in [1.29, 1.82) is 0 Å². The minimum atomic E-state index is -0.278. The summed E-state index contributed by atoms with van der Waals surface area (Å²) in [5.74, 6) is 0.550. The van der Waals surface area contributed by atoms with Crippen molar-refractivity contribution in [2.45, 2.75) is 18.6 Å². The van der Waals surface area contributed by atoms with Crippen LogP contribution in [0.4, 0.5) is 5.82 Å². The maximum atomic E-state index is 11.8. The van der Waals surface area contributed by atoms with Crippen LogP contribution >= 0.6 is 23.4 Å². The maximum Gasteiger partial charge on any atom is 0.306 e. The molecule has 1 atom stereocenters. The molecule has 104 valence electrons. The third-order valence-corrected chi connectivity index (χ3v) is 3.63. The van der Waals surface area contributed by atoms with Gasteiger partial charge in [0.25, 0.3) is 0 Å². The molecule has 0 aliphatic carbocycles. The van der Waals surface area contributed by atoms with Crippen molar-refractivity contribution < 1.29 is 14.3 Å². The first kappa shape index (κ1) is 15.8. The molecule has 1 heterocycles. The van der Waals surface area contributed by atoms with Crippen molar-refractivity contribution >= 4 is 41.1 Å². The number of methoxy groups -OCH3 is 1. The zero-order chi connectivity index (χ0) is 14.3. The van der Waals surface area contributed by atoms with Crippen LogP contribution in [-0.2, 0) is 14.3 Å². The Morgan fingerprint density at radius 2 is 2.26 bits per heavy atom. The van der Waals surface area contributed by atoms with Gasteiger partial charge in [0.1, 0.15) is 5.82 Å². The van der Waals surface area contributed by atoms with E-state index >= 15 is 0 Å². The van der Waals surface area contributed by atoms with Crippen LogP contribution in [0.2, 0.25) is 5.02 Å². The van der Waals surface area contributed by atoms with E-state index in [1.807, 2.05) is 0 Å². The number of carbonyl (C=O) groups excluding carboxylic acids is 2. The second-order valence-electron chi connectivity index (χ2n) is 3.69. The molecule has 1 aromatic rings. The highest BCUT2D eigenvalue weighted by Crippen LogP contribution is 2.15. The molecule has 0 radical (unpaired) electrons. The number of halogens is 1. The summed E-state index contributed by atoms with van der Waals surface area (Å²) in [5.41, 5.74) is 0. The van der Waals surface area contributed by atoms with E-state index in [1.54, 1.807) is 19.1 Å². The van der Waals surface area contributed by atoms with Gasteiger partial charge in [0.15, 0.2) is 0 Å². The van der Waals surface area contributed by atoms with Gasteiger partial charge in [-0.1, -0.05) is 11.6 Å². The van der Waals surface area contributed by atoms with Crippen molar-refractivity contribution in [3.63, 3.8) is 0 Å². The molecule has 1 aromatic heterocycles. The van der Waals surface area contributed by atoms with Crippen LogP contribution in [0.1, 0.15) is 13.3 Å². The van der Waals surface area contributed by atoms with E-state index in [-0.39, 0.29) is 23.5 Å². The van der Waals surface area contributed by atoms with Crippen molar-refractivity contribution in [2.24, 2.45) is 0 Å². The van der Waals surface area contributed by atoms with Crippen LogP contribution in [0.15, 0.2) is 18.3 Å². The van der Waals surface area contributed by atoms with Crippen LogP contribution in [0.3, 0.4) is 0 Å². The minimum absolute atomic E-state index is 0.162. The molecule has 0 aliphatic heterocycles. The van der Waals surface area contributed by atoms with E-state index in [0.29, 0.717) is 16.6 Å². The highest BCUT2D eigenvalue weighted by molar-refractivity contribution is 8.00. The Morgan fingerprint density at radius 1 is 1.53 bits per heavy atom. The molecule has 0 aliphatic rings. The molecule has 1 rings (SSSR count). The van der Waals surface area contributed by atoms with Gasteiger partial charge in [-0.25, -0.2) is 4.98 Å². The lowest BCUT2D eigenvalue weighted by molar-refractivity contribution is -0.140.